The first-order chi connectivity index (χ1) is 1.89. The average Bonchev–Trinajstić information content (AvgIpc) is 1.75. The van der Waals surface area contributed by atoms with Gasteiger partial charge in [0.05, 0.1) is 6.04 Å². The summed E-state index contributed by atoms with van der Waals surface area (Å²) >= 11 is 0. The summed E-state index contributed by atoms with van der Waals surface area (Å²) < 4.78 is 0. The number of quaternary nitrogens is 1. The molecule has 0 atom stereocenters. The molecular formula is C3H8N+. The van der Waals surface area contributed by atoms with E-state index in [-0.39, 0.29) is 0 Å². The quantitative estimate of drug-likeness (QED) is 0.385. The van der Waals surface area contributed by atoms with Crippen LogP contribution in [-0.4, -0.2) is 6.04 Å². The molecule has 0 aromatic heterocycles. The van der Waals surface area contributed by atoms with Crippen LogP contribution in [-0.2, 0) is 0 Å². The predicted molar refractivity (Wildman–Crippen MR) is 15.9 cm³/mol. The van der Waals surface area contributed by atoms with Crippen molar-refractivity contribution in [3.63, 3.8) is 0 Å². The SMILES string of the molecule is [NH3+]C1CC1. The van der Waals surface area contributed by atoms with Gasteiger partial charge < -0.3 is 5.73 Å². The molecule has 1 heteroatoms. The van der Waals surface area contributed by atoms with Gasteiger partial charge in [-0.3, -0.25) is 0 Å². The first-order valence-corrected chi connectivity index (χ1v) is 1.72. The molecule has 1 aliphatic rings. The van der Waals surface area contributed by atoms with Crippen molar-refractivity contribution in [2.45, 2.75) is 18.9 Å². The minimum absolute atomic E-state index is 0.833. The summed E-state index contributed by atoms with van der Waals surface area (Å²) in [5, 5.41) is 0. The van der Waals surface area contributed by atoms with Gasteiger partial charge >= 0.3 is 0 Å². The zero-order valence-corrected chi connectivity index (χ0v) is 2.70. The third kappa shape index (κ3) is 0.206. The maximum Gasteiger partial charge on any atom is 0.0848 e. The lowest BCUT2D eigenvalue weighted by molar-refractivity contribution is -0.384. The van der Waals surface area contributed by atoms with Crippen molar-refractivity contribution < 1.29 is 5.73 Å². The van der Waals surface area contributed by atoms with Gasteiger partial charge in [-0.1, -0.05) is 0 Å². The van der Waals surface area contributed by atoms with Gasteiger partial charge in [-0.25, -0.2) is 0 Å². The van der Waals surface area contributed by atoms with Crippen molar-refractivity contribution >= 4 is 0 Å². The highest BCUT2D eigenvalue weighted by molar-refractivity contribution is 4.67. The van der Waals surface area contributed by atoms with Crippen molar-refractivity contribution in [2.24, 2.45) is 0 Å². The van der Waals surface area contributed by atoms with Crippen LogP contribution in [0.1, 0.15) is 12.8 Å². The first-order valence-electron chi connectivity index (χ1n) is 1.72. The molecule has 0 amide bonds. The Morgan fingerprint density at radius 2 is 1.75 bits per heavy atom. The molecule has 1 fully saturated rings. The van der Waals surface area contributed by atoms with Gasteiger partial charge in [-0.2, -0.15) is 0 Å². The topological polar surface area (TPSA) is 27.6 Å². The van der Waals surface area contributed by atoms with Crippen LogP contribution in [0.2, 0.25) is 0 Å². The highest BCUT2D eigenvalue weighted by Gasteiger charge is 2.18. The molecule has 0 radical (unpaired) electrons. The Labute approximate surface area is 25.8 Å². The smallest absolute Gasteiger partial charge is 0.0848 e. The number of hydrogen-bond acceptors (Lipinski definition) is 0. The van der Waals surface area contributed by atoms with E-state index in [1.807, 2.05) is 0 Å². The summed E-state index contributed by atoms with van der Waals surface area (Å²) in [5.74, 6) is 0. The Morgan fingerprint density at radius 3 is 1.75 bits per heavy atom. The van der Waals surface area contributed by atoms with Crippen LogP contribution in [0, 0.1) is 0 Å². The van der Waals surface area contributed by atoms with E-state index >= 15 is 0 Å². The lowest BCUT2D eigenvalue weighted by atomic mass is 10.8. The van der Waals surface area contributed by atoms with Crippen LogP contribution >= 0.6 is 0 Å². The van der Waals surface area contributed by atoms with Crippen LogP contribution in [0.15, 0.2) is 0 Å². The van der Waals surface area contributed by atoms with E-state index in [1.165, 1.54) is 12.8 Å². The van der Waals surface area contributed by atoms with Crippen molar-refractivity contribution in [2.75, 3.05) is 0 Å². The summed E-state index contributed by atoms with van der Waals surface area (Å²) in [6, 6.07) is 0.833. The van der Waals surface area contributed by atoms with Crippen molar-refractivity contribution in [3.8, 4) is 0 Å². The van der Waals surface area contributed by atoms with Gasteiger partial charge in [0.2, 0.25) is 0 Å². The molecule has 3 N–H and O–H groups in total. The maximum atomic E-state index is 3.75. The zero-order chi connectivity index (χ0) is 2.99. The van der Waals surface area contributed by atoms with Crippen molar-refractivity contribution in [3.05, 3.63) is 0 Å². The van der Waals surface area contributed by atoms with Gasteiger partial charge in [-0.05, 0) is 0 Å². The van der Waals surface area contributed by atoms with Crippen molar-refractivity contribution in [1.29, 1.82) is 0 Å². The van der Waals surface area contributed by atoms with Crippen LogP contribution in [0.5, 0.6) is 0 Å². The molecule has 0 spiro atoms. The minimum Gasteiger partial charge on any atom is -0.355 e. The lowest BCUT2D eigenvalue weighted by Crippen LogP contribution is -2.52. The standard InChI is InChI=1S/C3H7N/c4-3-1-2-3/h3H,1-2,4H2/p+1. The molecule has 0 aromatic rings. The highest BCUT2D eigenvalue weighted by Crippen LogP contribution is 2.11. The minimum atomic E-state index is 0.833. The molecule has 0 aliphatic heterocycles. The molecule has 0 bridgehead atoms. The monoisotopic (exact) mass is 58.1 g/mol. The molecule has 0 saturated heterocycles. The molecule has 24 valence electrons. The molecule has 0 unspecified atom stereocenters. The predicted octanol–water partition coefficient (Wildman–Crippen LogP) is -0.609. The van der Waals surface area contributed by atoms with E-state index in [4.69, 9.17) is 0 Å². The second-order valence-corrected chi connectivity index (χ2v) is 1.44. The number of rotatable bonds is 0. The maximum absolute atomic E-state index is 3.75. The summed E-state index contributed by atoms with van der Waals surface area (Å²) in [7, 11) is 0. The molecule has 1 rings (SSSR count). The van der Waals surface area contributed by atoms with Crippen LogP contribution in [0.4, 0.5) is 0 Å². The van der Waals surface area contributed by atoms with Gasteiger partial charge in [0.1, 0.15) is 0 Å². The fraction of sp³-hybridized carbons (Fsp3) is 1.00. The van der Waals surface area contributed by atoms with E-state index in [9.17, 15) is 0 Å². The van der Waals surface area contributed by atoms with Crippen LogP contribution in [0.25, 0.3) is 0 Å². The fourth-order valence-corrected chi connectivity index (χ4v) is 0.118. The van der Waals surface area contributed by atoms with Gasteiger partial charge in [0.25, 0.3) is 0 Å². The molecule has 1 nitrogen and oxygen atoms in total. The number of hydrogen-bond donors (Lipinski definition) is 1. The molecule has 1 saturated carbocycles. The largest absolute Gasteiger partial charge is 0.355 e. The Kier molecular flexibility index (Phi) is 0.256. The Morgan fingerprint density at radius 1 is 1.50 bits per heavy atom. The Hall–Kier alpha value is -0.0400. The molecule has 0 aromatic carbocycles. The second-order valence-electron chi connectivity index (χ2n) is 1.44. The normalized spacial score (nSPS) is 26.2. The Balaban J connectivity index is 2.17. The summed E-state index contributed by atoms with van der Waals surface area (Å²) in [6.45, 7) is 0. The summed E-state index contributed by atoms with van der Waals surface area (Å²) in [6.07, 6.45) is 2.75. The van der Waals surface area contributed by atoms with E-state index < -0.39 is 0 Å². The van der Waals surface area contributed by atoms with E-state index in [2.05, 4.69) is 5.73 Å². The molecule has 0 heterocycles. The molecule has 4 heavy (non-hydrogen) atoms. The van der Waals surface area contributed by atoms with Gasteiger partial charge in [-0.15, -0.1) is 0 Å². The highest BCUT2D eigenvalue weighted by atomic mass is 14.7. The Bertz CT molecular complexity index is 22.5. The average molecular weight is 58.1 g/mol. The van der Waals surface area contributed by atoms with Gasteiger partial charge in [0, 0.05) is 12.8 Å². The van der Waals surface area contributed by atoms with E-state index in [1.54, 1.807) is 0 Å². The fourth-order valence-electron chi connectivity index (χ4n) is 0.118. The van der Waals surface area contributed by atoms with Crippen LogP contribution in [0.3, 0.4) is 0 Å². The molecular weight excluding hydrogens is 50.0 g/mol. The second kappa shape index (κ2) is 0.462. The third-order valence-electron chi connectivity index (χ3n) is 0.697. The van der Waals surface area contributed by atoms with Crippen molar-refractivity contribution in [1.82, 2.24) is 0 Å². The first kappa shape index (κ1) is 2.21. The summed E-state index contributed by atoms with van der Waals surface area (Å²) in [4.78, 5) is 0. The lowest BCUT2D eigenvalue weighted by Gasteiger charge is -1.54. The zero-order valence-electron chi connectivity index (χ0n) is 2.70. The van der Waals surface area contributed by atoms with Gasteiger partial charge in [0.15, 0.2) is 0 Å². The van der Waals surface area contributed by atoms with E-state index in [0.717, 1.165) is 6.04 Å². The summed E-state index contributed by atoms with van der Waals surface area (Å²) in [5.41, 5.74) is 3.75. The van der Waals surface area contributed by atoms with E-state index in [0.29, 0.717) is 0 Å². The third-order valence-corrected chi connectivity index (χ3v) is 0.697. The molecule has 1 aliphatic carbocycles. The van der Waals surface area contributed by atoms with Crippen LogP contribution < -0.4 is 5.73 Å².